The molecule has 2 N–H and O–H groups in total. The van der Waals surface area contributed by atoms with Gasteiger partial charge in [0.2, 0.25) is 5.91 Å². The molecule has 8 heterocycles. The number of aromatic nitrogens is 4. The zero-order valence-electron chi connectivity index (χ0n) is 37.3. The van der Waals surface area contributed by atoms with E-state index in [9.17, 15) is 9.90 Å². The Kier molecular flexibility index (Phi) is 11.4. The van der Waals surface area contributed by atoms with Gasteiger partial charge in [-0.2, -0.15) is 9.97 Å². The highest BCUT2D eigenvalue weighted by atomic mass is 19.1. The number of rotatable bonds is 12. The predicted molar refractivity (Wildman–Crippen MR) is 242 cm³/mol. The molecule has 5 atom stereocenters. The van der Waals surface area contributed by atoms with Crippen LogP contribution >= 0.6 is 0 Å². The SMILES string of the molecule is CCc1cccc2cc(O)cc(-c3ncc4c(N5CC6CCC(C5)N6)nc(OCC5CN(CC6CN(c7cc(C(C(=O)N8CCCC8C)C(C)C)on7)C6)CCN5C)nc4c3F)c12. The topological polar surface area (TPSA) is 139 Å². The van der Waals surface area contributed by atoms with Crippen LogP contribution in [0, 0.1) is 17.7 Å². The minimum Gasteiger partial charge on any atom is -0.508 e. The molecular weight excluding hydrogens is 800 g/mol. The van der Waals surface area contributed by atoms with Gasteiger partial charge in [0.25, 0.3) is 0 Å². The maximum atomic E-state index is 17.2. The summed E-state index contributed by atoms with van der Waals surface area (Å²) in [5, 5.41) is 21.1. The van der Waals surface area contributed by atoms with Crippen LogP contribution in [0.5, 0.6) is 11.8 Å². The summed E-state index contributed by atoms with van der Waals surface area (Å²) in [4.78, 5) is 39.4. The van der Waals surface area contributed by atoms with Gasteiger partial charge >= 0.3 is 6.01 Å². The Balaban J connectivity index is 0.844. The molecule has 3 aromatic heterocycles. The van der Waals surface area contributed by atoms with Gasteiger partial charge < -0.3 is 34.4 Å². The van der Waals surface area contributed by atoms with Crippen LogP contribution in [0.15, 0.2) is 47.1 Å². The number of carbonyl (C=O) groups is 1. The number of phenols is 1. The smallest absolute Gasteiger partial charge is 0.319 e. The van der Waals surface area contributed by atoms with Crippen molar-refractivity contribution in [3.63, 3.8) is 0 Å². The van der Waals surface area contributed by atoms with Crippen molar-refractivity contribution in [2.24, 2.45) is 11.8 Å². The van der Waals surface area contributed by atoms with Crippen LogP contribution in [0.1, 0.15) is 70.6 Å². The standard InChI is InChI=1S/C48H61FN10O4/c1-6-31-10-7-11-32-17-36(60)18-37(42(31)32)44-43(49)45-38(20-50-44)46(58-24-33-12-13-34(25-58)51-33)53-48(52-45)62-27-35-26-56(16-15-55(35)5)21-30-22-57(23-30)40-19-39(63-54-40)41(28(2)3)47(61)59-14-8-9-29(59)4/h7,10-11,17-20,28-30,33-35,41,51,60H,6,8-9,12-16,21-27H2,1-5H3. The van der Waals surface area contributed by atoms with Crippen molar-refractivity contribution in [1.82, 2.24) is 40.1 Å². The fourth-order valence-corrected chi connectivity index (χ4v) is 11.0. The molecule has 2 bridgehead atoms. The summed E-state index contributed by atoms with van der Waals surface area (Å²) < 4.78 is 29.5. The minimum atomic E-state index is -0.556. The molecule has 5 aliphatic heterocycles. The van der Waals surface area contributed by atoms with Crippen molar-refractivity contribution in [3.05, 3.63) is 59.7 Å². The van der Waals surface area contributed by atoms with Crippen LogP contribution in [0.25, 0.3) is 32.9 Å². The lowest BCUT2D eigenvalue weighted by molar-refractivity contribution is -0.134. The number of nitrogens with one attached hydrogen (secondary N) is 1. The Labute approximate surface area is 368 Å². The number of hydrogen-bond acceptors (Lipinski definition) is 13. The van der Waals surface area contributed by atoms with Gasteiger partial charge in [0.05, 0.1) is 11.4 Å². The Hall–Kier alpha value is -5.12. The van der Waals surface area contributed by atoms with Crippen LogP contribution in [0.2, 0.25) is 0 Å². The molecule has 5 unspecified atom stereocenters. The van der Waals surface area contributed by atoms with Gasteiger partial charge in [0.15, 0.2) is 17.4 Å². The molecule has 0 spiro atoms. The molecule has 5 fully saturated rings. The number of phenolic OH excluding ortho intramolecular Hbond substituents is 1. The van der Waals surface area contributed by atoms with Crippen molar-refractivity contribution in [3.8, 4) is 23.0 Å². The summed E-state index contributed by atoms with van der Waals surface area (Å²) in [7, 11) is 2.13. The van der Waals surface area contributed by atoms with E-state index >= 15 is 4.39 Å². The highest BCUT2D eigenvalue weighted by Gasteiger charge is 2.39. The zero-order valence-corrected chi connectivity index (χ0v) is 37.3. The molecule has 5 aliphatic rings. The summed E-state index contributed by atoms with van der Waals surface area (Å²) in [6, 6.07) is 12.4. The number of ether oxygens (including phenoxy) is 1. The average molecular weight is 861 g/mol. The van der Waals surface area contributed by atoms with Gasteiger partial charge in [-0.3, -0.25) is 19.6 Å². The normalized spacial score (nSPS) is 24.0. The van der Waals surface area contributed by atoms with Crippen molar-refractivity contribution < 1.29 is 23.6 Å². The number of likely N-dealkylation sites (N-methyl/N-ethyl adjacent to an activating group) is 1. The Morgan fingerprint density at radius 3 is 2.57 bits per heavy atom. The van der Waals surface area contributed by atoms with E-state index in [-0.39, 0.29) is 52.8 Å². The first-order chi connectivity index (χ1) is 30.5. The number of benzene rings is 2. The molecule has 5 saturated heterocycles. The molecule has 334 valence electrons. The van der Waals surface area contributed by atoms with Crippen molar-refractivity contribution in [2.45, 2.75) is 89.9 Å². The van der Waals surface area contributed by atoms with Gasteiger partial charge in [-0.05, 0) is 80.5 Å². The lowest BCUT2D eigenvalue weighted by Gasteiger charge is -2.45. The van der Waals surface area contributed by atoms with Crippen molar-refractivity contribution in [1.29, 1.82) is 0 Å². The molecule has 0 saturated carbocycles. The fourth-order valence-electron chi connectivity index (χ4n) is 11.0. The quantitative estimate of drug-likeness (QED) is 0.150. The number of likely N-dealkylation sites (tertiary alicyclic amines) is 1. The molecule has 2 aromatic carbocycles. The zero-order chi connectivity index (χ0) is 43.5. The molecule has 15 heteroatoms. The second-order valence-corrected chi connectivity index (χ2v) is 19.2. The van der Waals surface area contributed by atoms with E-state index in [1.807, 2.05) is 29.2 Å². The number of pyridine rings is 1. The number of anilines is 2. The van der Waals surface area contributed by atoms with E-state index in [0.29, 0.717) is 47.1 Å². The highest BCUT2D eigenvalue weighted by molar-refractivity contribution is 6.01. The van der Waals surface area contributed by atoms with E-state index in [0.717, 1.165) is 113 Å². The molecule has 0 radical (unpaired) electrons. The van der Waals surface area contributed by atoms with Crippen LogP contribution in [-0.4, -0.2) is 143 Å². The second-order valence-electron chi connectivity index (χ2n) is 19.2. The largest absolute Gasteiger partial charge is 0.508 e. The Bertz CT molecular complexity index is 2480. The first-order valence-corrected chi connectivity index (χ1v) is 23.2. The molecular formula is C48H61FN10O4. The Morgan fingerprint density at radius 1 is 1.02 bits per heavy atom. The summed E-state index contributed by atoms with van der Waals surface area (Å²) in [5.74, 6) is 2.01. The number of nitrogens with zero attached hydrogens (tertiary/aromatic N) is 9. The summed E-state index contributed by atoms with van der Waals surface area (Å²) in [6.45, 7) is 16.4. The molecule has 5 aromatic rings. The van der Waals surface area contributed by atoms with E-state index in [1.165, 1.54) is 0 Å². The van der Waals surface area contributed by atoms with Crippen LogP contribution in [-0.2, 0) is 11.2 Å². The predicted octanol–water partition coefficient (Wildman–Crippen LogP) is 6.06. The van der Waals surface area contributed by atoms with Crippen molar-refractivity contribution >= 4 is 39.2 Å². The van der Waals surface area contributed by atoms with E-state index in [2.05, 4.69) is 64.8 Å². The summed E-state index contributed by atoms with van der Waals surface area (Å²) in [5.41, 5.74) is 1.89. The van der Waals surface area contributed by atoms with E-state index in [4.69, 9.17) is 24.2 Å². The third kappa shape index (κ3) is 8.05. The lowest BCUT2D eigenvalue weighted by atomic mass is 9.91. The third-order valence-electron chi connectivity index (χ3n) is 14.5. The number of hydrogen-bond donors (Lipinski definition) is 2. The number of halogens is 1. The first kappa shape index (κ1) is 41.9. The van der Waals surface area contributed by atoms with Crippen molar-refractivity contribution in [2.75, 3.05) is 82.4 Å². The molecule has 63 heavy (non-hydrogen) atoms. The first-order valence-electron chi connectivity index (χ1n) is 23.2. The van der Waals surface area contributed by atoms with Gasteiger partial charge in [0, 0.05) is 101 Å². The number of fused-ring (bicyclic) bond motifs is 4. The van der Waals surface area contributed by atoms with Gasteiger partial charge in [-0.25, -0.2) is 4.39 Å². The van der Waals surface area contributed by atoms with Gasteiger partial charge in [-0.15, -0.1) is 0 Å². The third-order valence-corrected chi connectivity index (χ3v) is 14.5. The summed E-state index contributed by atoms with van der Waals surface area (Å²) in [6.07, 6.45) is 6.73. The average Bonchev–Trinajstić information content (AvgIpc) is 4.00. The molecule has 1 amide bonds. The fraction of sp³-hybridized carbons (Fsp3) is 0.562. The maximum absolute atomic E-state index is 17.2. The molecule has 0 aliphatic carbocycles. The number of carbonyl (C=O) groups excluding carboxylic acids is 1. The van der Waals surface area contributed by atoms with E-state index in [1.54, 1.807) is 18.3 Å². The number of amides is 1. The van der Waals surface area contributed by atoms with Crippen LogP contribution < -0.4 is 19.9 Å². The lowest BCUT2D eigenvalue weighted by Crippen LogP contribution is -2.58. The summed E-state index contributed by atoms with van der Waals surface area (Å²) >= 11 is 0. The number of aromatic hydroxyl groups is 1. The Morgan fingerprint density at radius 2 is 1.83 bits per heavy atom. The molecule has 14 nitrogen and oxygen atoms in total. The van der Waals surface area contributed by atoms with Gasteiger partial charge in [0.1, 0.15) is 35.3 Å². The molecule has 10 rings (SSSR count). The van der Waals surface area contributed by atoms with E-state index < -0.39 is 5.82 Å². The number of piperazine rings is 2. The van der Waals surface area contributed by atoms with Crippen LogP contribution in [0.4, 0.5) is 16.0 Å². The monoisotopic (exact) mass is 860 g/mol. The maximum Gasteiger partial charge on any atom is 0.319 e. The van der Waals surface area contributed by atoms with Gasteiger partial charge in [-0.1, -0.05) is 44.1 Å². The number of aryl methyl sites for hydroxylation is 1. The van der Waals surface area contributed by atoms with Crippen LogP contribution in [0.3, 0.4) is 0 Å². The second kappa shape index (κ2) is 17.1. The minimum absolute atomic E-state index is 0.0523. The highest BCUT2D eigenvalue weighted by Crippen LogP contribution is 2.40.